The highest BCUT2D eigenvalue weighted by atomic mass is 16.5. The molecule has 1 saturated heterocycles. The summed E-state index contributed by atoms with van der Waals surface area (Å²) in [7, 11) is 4.96. The zero-order valence-electron chi connectivity index (χ0n) is 43.2. The summed E-state index contributed by atoms with van der Waals surface area (Å²) in [5.41, 5.74) is 4.55. The zero-order chi connectivity index (χ0) is 51.1. The summed E-state index contributed by atoms with van der Waals surface area (Å²) in [6.07, 6.45) is 3.72. The first kappa shape index (κ1) is 53.7. The lowest BCUT2D eigenvalue weighted by Gasteiger charge is -2.42. The first-order chi connectivity index (χ1) is 33.1. The third-order valence-electron chi connectivity index (χ3n) is 14.5. The number of fused-ring (bicyclic) bond motifs is 2. The molecular weight excluding hydrogens is 885 g/mol. The van der Waals surface area contributed by atoms with Crippen LogP contribution in [0, 0.1) is 10.8 Å². The van der Waals surface area contributed by atoms with E-state index in [4.69, 9.17) is 4.74 Å². The van der Waals surface area contributed by atoms with Crippen LogP contribution in [-0.2, 0) is 59.3 Å². The number of benzene rings is 3. The van der Waals surface area contributed by atoms with Gasteiger partial charge < -0.3 is 46.4 Å². The number of carbonyl (C=O) groups is 6. The maximum absolute atomic E-state index is 15.1. The molecule has 0 saturated carbocycles. The van der Waals surface area contributed by atoms with Crippen LogP contribution in [0.4, 0.5) is 0 Å². The molecule has 0 unspecified atom stereocenters. The van der Waals surface area contributed by atoms with Crippen molar-refractivity contribution >= 4 is 35.4 Å². The summed E-state index contributed by atoms with van der Waals surface area (Å²) >= 11 is 0. The highest BCUT2D eigenvalue weighted by molar-refractivity contribution is 5.95. The summed E-state index contributed by atoms with van der Waals surface area (Å²) in [5.74, 6) is -2.24. The molecule has 3 aliphatic rings. The highest BCUT2D eigenvalue weighted by Crippen LogP contribution is 2.38. The normalized spacial score (nSPS) is 21.2. The van der Waals surface area contributed by atoms with Crippen molar-refractivity contribution in [3.8, 4) is 0 Å². The second-order valence-corrected chi connectivity index (χ2v) is 21.8. The second kappa shape index (κ2) is 23.1. The van der Waals surface area contributed by atoms with Gasteiger partial charge in [-0.05, 0) is 104 Å². The fourth-order valence-electron chi connectivity index (χ4n) is 10.0. The van der Waals surface area contributed by atoms with Gasteiger partial charge in [-0.25, -0.2) is 0 Å². The number of likely N-dealkylation sites (tertiary alicyclic amines) is 1. The van der Waals surface area contributed by atoms with E-state index in [1.54, 1.807) is 44.9 Å². The molecule has 6 N–H and O–H groups in total. The number of rotatable bonds is 17. The minimum absolute atomic E-state index is 0.102. The Morgan fingerprint density at radius 3 is 1.90 bits per heavy atom. The molecular formula is C55H78N8O7. The van der Waals surface area contributed by atoms with E-state index in [0.29, 0.717) is 12.8 Å². The standard InChI is InChI=1S/C55H78N8O7/c1-33(56-9)48(64)60-46(54(3,4)5)52(68)62-30-39-27-37(24-25-38(39)28-44(62)51(67)59-43-23-17-21-36-20-15-16-22-42(36)43)40-29-45(50(66)58-41(32-70-11)26-35-18-13-12-14-19-35)63(31-40)53(69)47(55(6,7)8)61-49(65)34(2)57-10/h12-16,18-20,22,24-25,27,33-34,40-41,43-47,56-57H,17,21,23,26,28-32H2,1-11H3,(H,58,66)(H,59,67)(H,60,64)(H,61,65)/t33-,34-,40-,41-,43+,44-,45-,46+,47+/m0/s1. The van der Waals surface area contributed by atoms with Gasteiger partial charge >= 0.3 is 0 Å². The van der Waals surface area contributed by atoms with Crippen LogP contribution in [0.25, 0.3) is 0 Å². The molecule has 0 radical (unpaired) electrons. The lowest BCUT2D eigenvalue weighted by atomic mass is 9.83. The van der Waals surface area contributed by atoms with Gasteiger partial charge in [0.05, 0.1) is 30.8 Å². The summed E-state index contributed by atoms with van der Waals surface area (Å²) in [5, 5.41) is 18.4. The summed E-state index contributed by atoms with van der Waals surface area (Å²) in [6, 6.07) is 18.7. The van der Waals surface area contributed by atoms with Crippen molar-refractivity contribution < 1.29 is 33.5 Å². The number of ether oxygens (including phenoxy) is 1. The molecule has 1 fully saturated rings. The van der Waals surface area contributed by atoms with Crippen LogP contribution in [0.5, 0.6) is 0 Å². The van der Waals surface area contributed by atoms with E-state index in [1.807, 2.05) is 102 Å². The molecule has 2 aliphatic heterocycles. The van der Waals surface area contributed by atoms with Gasteiger partial charge in [0.2, 0.25) is 35.4 Å². The number of amides is 6. The van der Waals surface area contributed by atoms with Crippen LogP contribution >= 0.6 is 0 Å². The van der Waals surface area contributed by atoms with E-state index in [0.717, 1.165) is 47.1 Å². The van der Waals surface area contributed by atoms with Crippen molar-refractivity contribution in [2.45, 2.75) is 155 Å². The Morgan fingerprint density at radius 1 is 0.700 bits per heavy atom. The van der Waals surface area contributed by atoms with E-state index in [2.05, 4.69) is 44.0 Å². The molecule has 2 heterocycles. The van der Waals surface area contributed by atoms with Crippen molar-refractivity contribution in [3.63, 3.8) is 0 Å². The predicted molar refractivity (Wildman–Crippen MR) is 271 cm³/mol. The third-order valence-corrected chi connectivity index (χ3v) is 14.5. The Morgan fingerprint density at radius 2 is 1.30 bits per heavy atom. The van der Waals surface area contributed by atoms with E-state index >= 15 is 4.79 Å². The monoisotopic (exact) mass is 963 g/mol. The molecule has 9 atom stereocenters. The van der Waals surface area contributed by atoms with Crippen molar-refractivity contribution in [1.29, 1.82) is 0 Å². The quantitative estimate of drug-likeness (QED) is 0.113. The third kappa shape index (κ3) is 12.8. The van der Waals surface area contributed by atoms with E-state index in [1.165, 1.54) is 5.56 Å². The Balaban J connectivity index is 1.35. The van der Waals surface area contributed by atoms with Crippen molar-refractivity contribution in [2.24, 2.45) is 10.8 Å². The highest BCUT2D eigenvalue weighted by Gasteiger charge is 2.47. The molecule has 0 bridgehead atoms. The Bertz CT molecular complexity index is 2340. The summed E-state index contributed by atoms with van der Waals surface area (Å²) < 4.78 is 5.56. The lowest BCUT2D eigenvalue weighted by Crippen LogP contribution is -2.62. The smallest absolute Gasteiger partial charge is 0.246 e. The molecule has 0 spiro atoms. The van der Waals surface area contributed by atoms with Crippen LogP contribution in [-0.4, -0.2) is 122 Å². The van der Waals surface area contributed by atoms with Crippen molar-refractivity contribution in [2.75, 3.05) is 34.4 Å². The molecule has 15 heteroatoms. The molecule has 70 heavy (non-hydrogen) atoms. The predicted octanol–water partition coefficient (Wildman–Crippen LogP) is 4.47. The number of likely N-dealkylation sites (N-methyl/N-ethyl adjacent to an activating group) is 2. The second-order valence-electron chi connectivity index (χ2n) is 21.8. The molecule has 1 aliphatic carbocycles. The van der Waals surface area contributed by atoms with Crippen molar-refractivity contribution in [3.05, 3.63) is 106 Å². The lowest BCUT2D eigenvalue weighted by molar-refractivity contribution is -0.147. The number of hydrogen-bond donors (Lipinski definition) is 6. The van der Waals surface area contributed by atoms with Gasteiger partial charge in [-0.2, -0.15) is 0 Å². The Hall–Kier alpha value is -5.64. The number of nitrogens with zero attached hydrogens (tertiary/aromatic N) is 2. The number of nitrogens with one attached hydrogen (secondary N) is 6. The van der Waals surface area contributed by atoms with Gasteiger partial charge in [0.1, 0.15) is 24.2 Å². The molecule has 6 rings (SSSR count). The number of aryl methyl sites for hydroxylation is 1. The van der Waals surface area contributed by atoms with Gasteiger partial charge in [-0.1, -0.05) is 114 Å². The first-order valence-electron chi connectivity index (χ1n) is 25.0. The van der Waals surface area contributed by atoms with Crippen LogP contribution < -0.4 is 31.9 Å². The summed E-state index contributed by atoms with van der Waals surface area (Å²) in [6.45, 7) is 15.4. The SMILES string of the molecule is CN[C@@H](C)C(=O)N[C@H](C(=O)N1C[C@@H](c2ccc3c(c2)CN(C(=O)[C@@H](NC(=O)[C@H](C)NC)C(C)(C)C)[C@H](C(=O)N[C@@H]2CCCc4ccccc42)C3)C[C@H]1C(=O)N[C@H](COC)Cc1ccccc1)C(C)(C)C. The number of methoxy groups -OCH3 is 1. The fraction of sp³-hybridized carbons (Fsp3) is 0.564. The van der Waals surface area contributed by atoms with Gasteiger partial charge in [0.15, 0.2) is 0 Å². The van der Waals surface area contributed by atoms with Gasteiger partial charge in [0.25, 0.3) is 0 Å². The van der Waals surface area contributed by atoms with Crippen LogP contribution in [0.3, 0.4) is 0 Å². The zero-order valence-corrected chi connectivity index (χ0v) is 43.2. The average Bonchev–Trinajstić information content (AvgIpc) is 3.79. The summed E-state index contributed by atoms with van der Waals surface area (Å²) in [4.78, 5) is 89.4. The van der Waals surface area contributed by atoms with E-state index in [-0.39, 0.29) is 79.6 Å². The number of hydrogen-bond acceptors (Lipinski definition) is 9. The van der Waals surface area contributed by atoms with Crippen LogP contribution in [0.2, 0.25) is 0 Å². The fourth-order valence-corrected chi connectivity index (χ4v) is 10.0. The van der Waals surface area contributed by atoms with Gasteiger partial charge in [-0.3, -0.25) is 28.8 Å². The minimum Gasteiger partial charge on any atom is -0.383 e. The van der Waals surface area contributed by atoms with Gasteiger partial charge in [-0.15, -0.1) is 0 Å². The number of carbonyl (C=O) groups excluding carboxylic acids is 6. The molecule has 3 aromatic carbocycles. The van der Waals surface area contributed by atoms with Crippen molar-refractivity contribution in [1.82, 2.24) is 41.7 Å². The largest absolute Gasteiger partial charge is 0.383 e. The maximum atomic E-state index is 15.1. The molecule has 0 aromatic heterocycles. The van der Waals surface area contributed by atoms with E-state index < -0.39 is 47.1 Å². The van der Waals surface area contributed by atoms with Crippen LogP contribution in [0.15, 0.2) is 72.8 Å². The minimum atomic E-state index is -0.948. The molecule has 6 amide bonds. The Kier molecular flexibility index (Phi) is 17.7. The molecule has 3 aromatic rings. The average molecular weight is 963 g/mol. The van der Waals surface area contributed by atoms with E-state index in [9.17, 15) is 24.0 Å². The molecule has 380 valence electrons. The Labute approximate surface area is 415 Å². The maximum Gasteiger partial charge on any atom is 0.246 e. The topological polar surface area (TPSA) is 190 Å². The first-order valence-corrected chi connectivity index (χ1v) is 25.0. The van der Waals surface area contributed by atoms with Crippen LogP contribution in [0.1, 0.15) is 120 Å². The van der Waals surface area contributed by atoms with Gasteiger partial charge in [0, 0.05) is 32.5 Å². The molecule has 15 nitrogen and oxygen atoms in total.